The van der Waals surface area contributed by atoms with Gasteiger partial charge in [-0.1, -0.05) is 0 Å². The van der Waals surface area contributed by atoms with Crippen molar-refractivity contribution in [3.8, 4) is 0 Å². The quantitative estimate of drug-likeness (QED) is 0.785. The first-order valence-electron chi connectivity index (χ1n) is 6.26. The van der Waals surface area contributed by atoms with Gasteiger partial charge >= 0.3 is 0 Å². The molecule has 0 aliphatic carbocycles. The SMILES string of the molecule is CNC(=O)C1(C)CCN(CCn2cc(N)cn2)C1. The molecule has 6 nitrogen and oxygen atoms in total. The maximum Gasteiger partial charge on any atom is 0.227 e. The summed E-state index contributed by atoms with van der Waals surface area (Å²) in [5.74, 6) is 0.133. The van der Waals surface area contributed by atoms with E-state index in [0.717, 1.165) is 32.6 Å². The maximum absolute atomic E-state index is 11.8. The van der Waals surface area contributed by atoms with Crippen molar-refractivity contribution in [1.82, 2.24) is 20.0 Å². The number of nitrogens with one attached hydrogen (secondary N) is 1. The van der Waals surface area contributed by atoms with Gasteiger partial charge in [0.25, 0.3) is 0 Å². The summed E-state index contributed by atoms with van der Waals surface area (Å²) in [4.78, 5) is 14.1. The van der Waals surface area contributed by atoms with E-state index in [9.17, 15) is 4.79 Å². The highest BCUT2D eigenvalue weighted by Crippen LogP contribution is 2.29. The molecule has 1 unspecified atom stereocenters. The Morgan fingerprint density at radius 1 is 1.61 bits per heavy atom. The minimum atomic E-state index is -0.252. The first-order valence-corrected chi connectivity index (χ1v) is 6.26. The summed E-state index contributed by atoms with van der Waals surface area (Å²) >= 11 is 0. The van der Waals surface area contributed by atoms with Gasteiger partial charge in [-0.05, 0) is 19.9 Å². The highest BCUT2D eigenvalue weighted by Gasteiger charge is 2.39. The molecule has 0 aromatic carbocycles. The Morgan fingerprint density at radius 3 is 3.00 bits per heavy atom. The van der Waals surface area contributed by atoms with Gasteiger partial charge in [-0.3, -0.25) is 9.48 Å². The molecule has 1 aliphatic heterocycles. The van der Waals surface area contributed by atoms with Gasteiger partial charge in [0.05, 0.1) is 23.8 Å². The monoisotopic (exact) mass is 251 g/mol. The Kier molecular flexibility index (Phi) is 3.56. The average Bonchev–Trinajstić information content (AvgIpc) is 2.93. The van der Waals surface area contributed by atoms with E-state index in [2.05, 4.69) is 15.3 Å². The summed E-state index contributed by atoms with van der Waals surface area (Å²) in [5, 5.41) is 6.90. The summed E-state index contributed by atoms with van der Waals surface area (Å²) in [7, 11) is 1.70. The van der Waals surface area contributed by atoms with Gasteiger partial charge in [0.1, 0.15) is 0 Å². The normalized spacial score (nSPS) is 24.3. The molecule has 0 bridgehead atoms. The molecule has 3 N–H and O–H groups in total. The zero-order valence-electron chi connectivity index (χ0n) is 11.0. The number of carbonyl (C=O) groups is 1. The number of anilines is 1. The smallest absolute Gasteiger partial charge is 0.227 e. The Morgan fingerprint density at radius 2 is 2.39 bits per heavy atom. The third-order valence-electron chi connectivity index (χ3n) is 3.63. The van der Waals surface area contributed by atoms with Crippen LogP contribution in [0.15, 0.2) is 12.4 Å². The lowest BCUT2D eigenvalue weighted by Crippen LogP contribution is -2.39. The van der Waals surface area contributed by atoms with Gasteiger partial charge in [-0.2, -0.15) is 5.10 Å². The van der Waals surface area contributed by atoms with Crippen molar-refractivity contribution < 1.29 is 4.79 Å². The average molecular weight is 251 g/mol. The molecule has 1 aromatic heterocycles. The summed E-state index contributed by atoms with van der Waals surface area (Å²) in [6, 6.07) is 0. The van der Waals surface area contributed by atoms with Gasteiger partial charge in [-0.15, -0.1) is 0 Å². The largest absolute Gasteiger partial charge is 0.396 e. The van der Waals surface area contributed by atoms with Crippen LogP contribution in [0, 0.1) is 5.41 Å². The standard InChI is InChI=1S/C12H21N5O/c1-12(11(18)14-2)3-4-16(9-12)5-6-17-8-10(13)7-15-17/h7-8H,3-6,9,13H2,1-2H3,(H,14,18). The molecule has 1 saturated heterocycles. The fourth-order valence-electron chi connectivity index (χ4n) is 2.48. The van der Waals surface area contributed by atoms with Crippen LogP contribution in [0.25, 0.3) is 0 Å². The molecule has 0 radical (unpaired) electrons. The van der Waals surface area contributed by atoms with E-state index < -0.39 is 0 Å². The summed E-state index contributed by atoms with van der Waals surface area (Å²) in [5.41, 5.74) is 6.05. The lowest BCUT2D eigenvalue weighted by Gasteiger charge is -2.22. The molecule has 1 aromatic rings. The number of aromatic nitrogens is 2. The van der Waals surface area contributed by atoms with Gasteiger partial charge in [0.15, 0.2) is 0 Å². The summed E-state index contributed by atoms with van der Waals surface area (Å²) < 4.78 is 1.84. The molecular formula is C12H21N5O. The maximum atomic E-state index is 11.8. The second kappa shape index (κ2) is 4.97. The van der Waals surface area contributed by atoms with Gasteiger partial charge < -0.3 is 16.0 Å². The number of hydrogen-bond acceptors (Lipinski definition) is 4. The second-order valence-corrected chi connectivity index (χ2v) is 5.20. The number of likely N-dealkylation sites (tertiary alicyclic amines) is 1. The molecule has 1 aliphatic rings. The van der Waals surface area contributed by atoms with Crippen LogP contribution < -0.4 is 11.1 Å². The first-order chi connectivity index (χ1) is 8.53. The van der Waals surface area contributed by atoms with E-state index in [-0.39, 0.29) is 11.3 Å². The van der Waals surface area contributed by atoms with Crippen molar-refractivity contribution >= 4 is 11.6 Å². The van der Waals surface area contributed by atoms with Crippen LogP contribution in [0.4, 0.5) is 5.69 Å². The number of amides is 1. The molecule has 0 saturated carbocycles. The van der Waals surface area contributed by atoms with Crippen LogP contribution in [0.5, 0.6) is 0 Å². The number of carbonyl (C=O) groups excluding carboxylic acids is 1. The molecule has 100 valence electrons. The molecule has 2 rings (SSSR count). The number of nitrogen functional groups attached to an aromatic ring is 1. The van der Waals surface area contributed by atoms with Crippen molar-refractivity contribution in [2.75, 3.05) is 32.4 Å². The van der Waals surface area contributed by atoms with Gasteiger partial charge in [-0.25, -0.2) is 0 Å². The molecule has 18 heavy (non-hydrogen) atoms. The minimum Gasteiger partial charge on any atom is -0.396 e. The second-order valence-electron chi connectivity index (χ2n) is 5.20. The molecule has 1 fully saturated rings. The van der Waals surface area contributed by atoms with Crippen LogP contribution in [-0.2, 0) is 11.3 Å². The molecule has 0 spiro atoms. The number of hydrogen-bond donors (Lipinski definition) is 2. The van der Waals surface area contributed by atoms with Crippen molar-refractivity contribution in [2.24, 2.45) is 5.41 Å². The molecule has 6 heteroatoms. The van der Waals surface area contributed by atoms with E-state index in [0.29, 0.717) is 5.69 Å². The zero-order valence-corrected chi connectivity index (χ0v) is 11.0. The Bertz CT molecular complexity index is 430. The zero-order chi connectivity index (χ0) is 13.2. The topological polar surface area (TPSA) is 76.2 Å². The third kappa shape index (κ3) is 2.64. The van der Waals surface area contributed by atoms with Crippen molar-refractivity contribution in [3.63, 3.8) is 0 Å². The van der Waals surface area contributed by atoms with E-state index in [1.54, 1.807) is 13.2 Å². The predicted molar refractivity (Wildman–Crippen MR) is 69.9 cm³/mol. The minimum absolute atomic E-state index is 0.133. The fraction of sp³-hybridized carbons (Fsp3) is 0.667. The van der Waals surface area contributed by atoms with E-state index in [4.69, 9.17) is 5.73 Å². The number of nitrogens with zero attached hydrogens (tertiary/aromatic N) is 3. The Labute approximate surface area is 107 Å². The van der Waals surface area contributed by atoms with Crippen molar-refractivity contribution in [2.45, 2.75) is 19.9 Å². The summed E-state index contributed by atoms with van der Waals surface area (Å²) in [6.07, 6.45) is 4.39. The van der Waals surface area contributed by atoms with Crippen molar-refractivity contribution in [1.29, 1.82) is 0 Å². The van der Waals surface area contributed by atoms with Gasteiger partial charge in [0.2, 0.25) is 5.91 Å². The van der Waals surface area contributed by atoms with E-state index in [1.807, 2.05) is 17.8 Å². The van der Waals surface area contributed by atoms with Crippen LogP contribution in [0.3, 0.4) is 0 Å². The molecule has 1 amide bonds. The molecule has 1 atom stereocenters. The predicted octanol–water partition coefficient (Wildman–Crippen LogP) is -0.0767. The Hall–Kier alpha value is -1.56. The third-order valence-corrected chi connectivity index (χ3v) is 3.63. The number of nitrogens with two attached hydrogens (primary N) is 1. The van der Waals surface area contributed by atoms with Crippen LogP contribution in [0.1, 0.15) is 13.3 Å². The highest BCUT2D eigenvalue weighted by molar-refractivity contribution is 5.82. The van der Waals surface area contributed by atoms with Crippen LogP contribution >= 0.6 is 0 Å². The van der Waals surface area contributed by atoms with Crippen LogP contribution in [-0.4, -0.2) is 47.3 Å². The molecule has 2 heterocycles. The Balaban J connectivity index is 1.84. The lowest BCUT2D eigenvalue weighted by atomic mass is 9.89. The van der Waals surface area contributed by atoms with Gasteiger partial charge in [0, 0.05) is 26.3 Å². The molecular weight excluding hydrogens is 230 g/mol. The number of rotatable bonds is 4. The lowest BCUT2D eigenvalue weighted by molar-refractivity contribution is -0.129. The highest BCUT2D eigenvalue weighted by atomic mass is 16.2. The fourth-order valence-corrected chi connectivity index (χ4v) is 2.48. The van der Waals surface area contributed by atoms with E-state index in [1.165, 1.54) is 0 Å². The first kappa shape index (κ1) is 12.9. The van der Waals surface area contributed by atoms with Crippen LogP contribution in [0.2, 0.25) is 0 Å². The van der Waals surface area contributed by atoms with Crippen molar-refractivity contribution in [3.05, 3.63) is 12.4 Å². The summed E-state index contributed by atoms with van der Waals surface area (Å²) in [6.45, 7) is 5.50. The van der Waals surface area contributed by atoms with E-state index >= 15 is 0 Å².